The third-order valence-electron chi connectivity index (χ3n) is 3.74. The van der Waals surface area contributed by atoms with Gasteiger partial charge in [-0.1, -0.05) is 11.6 Å². The molecule has 0 aliphatic carbocycles. The minimum Gasteiger partial charge on any atom is -0.506 e. The summed E-state index contributed by atoms with van der Waals surface area (Å²) in [6, 6.07) is 7.65. The first kappa shape index (κ1) is 16.6. The van der Waals surface area contributed by atoms with Crippen molar-refractivity contribution in [2.45, 2.75) is 19.0 Å². The quantitative estimate of drug-likeness (QED) is 0.592. The maximum Gasteiger partial charge on any atom is 0.336 e. The molecule has 3 rings (SSSR count). The van der Waals surface area contributed by atoms with Crippen molar-refractivity contribution < 1.29 is 19.0 Å². The first-order chi connectivity index (χ1) is 11.6. The number of aliphatic hydroxyl groups is 1. The molecule has 0 aliphatic rings. The fourth-order valence-corrected chi connectivity index (χ4v) is 2.74. The molecule has 1 atom stereocenters. The lowest BCUT2D eigenvalue weighted by Gasteiger charge is -2.16. The number of furan rings is 1. The van der Waals surface area contributed by atoms with Gasteiger partial charge < -0.3 is 24.4 Å². The highest BCUT2D eigenvalue weighted by molar-refractivity contribution is 6.32. The summed E-state index contributed by atoms with van der Waals surface area (Å²) >= 11 is 5.95. The molecule has 0 spiro atoms. The predicted molar refractivity (Wildman–Crippen MR) is 89.2 cm³/mol. The van der Waals surface area contributed by atoms with Gasteiger partial charge in [0, 0.05) is 30.7 Å². The number of benzene rings is 1. The van der Waals surface area contributed by atoms with Crippen LogP contribution < -0.4 is 10.9 Å². The summed E-state index contributed by atoms with van der Waals surface area (Å²) < 4.78 is 10.5. The molecule has 0 saturated heterocycles. The number of nitrogens with one attached hydrogen (secondary N) is 1. The number of halogens is 1. The molecule has 6 nitrogen and oxygen atoms in total. The Hall–Kier alpha value is -2.28. The zero-order valence-electron chi connectivity index (χ0n) is 12.7. The summed E-state index contributed by atoms with van der Waals surface area (Å²) in [5.74, 6) is 0.554. The Kier molecular flexibility index (Phi) is 4.89. The van der Waals surface area contributed by atoms with Crippen molar-refractivity contribution in [3.8, 4) is 5.75 Å². The van der Waals surface area contributed by atoms with Gasteiger partial charge in [0.1, 0.15) is 17.1 Å². The van der Waals surface area contributed by atoms with Gasteiger partial charge in [-0.3, -0.25) is 0 Å². The van der Waals surface area contributed by atoms with Crippen molar-refractivity contribution in [1.29, 1.82) is 0 Å². The molecular weight excluding hydrogens is 334 g/mol. The third kappa shape index (κ3) is 3.46. The zero-order valence-corrected chi connectivity index (χ0v) is 13.4. The molecule has 0 amide bonds. The van der Waals surface area contributed by atoms with Gasteiger partial charge in [-0.2, -0.15) is 0 Å². The Morgan fingerprint density at radius 1 is 1.29 bits per heavy atom. The molecule has 0 bridgehead atoms. The van der Waals surface area contributed by atoms with Gasteiger partial charge in [-0.15, -0.1) is 0 Å². The van der Waals surface area contributed by atoms with Crippen LogP contribution in [-0.4, -0.2) is 16.8 Å². The number of phenolic OH excluding ortho intramolecular Hbond substituents is 1. The normalized spacial score (nSPS) is 12.6. The molecule has 0 unspecified atom stereocenters. The van der Waals surface area contributed by atoms with Gasteiger partial charge in [-0.25, -0.2) is 4.79 Å². The zero-order chi connectivity index (χ0) is 17.1. The number of hydrogen-bond acceptors (Lipinski definition) is 6. The number of aromatic hydroxyl groups is 1. The van der Waals surface area contributed by atoms with E-state index < -0.39 is 5.63 Å². The Bertz CT molecular complexity index is 888. The van der Waals surface area contributed by atoms with Gasteiger partial charge in [-0.05, 0) is 30.2 Å². The minimum atomic E-state index is -0.516. The third-order valence-corrected chi connectivity index (χ3v) is 4.04. The standard InChI is InChI=1S/C17H16ClNO5/c18-12-7-11-10(6-17(22)24-16(11)8-14(12)21)9-19-13(3-4-20)15-2-1-5-23-15/h1-2,5-8,13,19-21H,3-4,9H2/t13-/m1/s1. The molecule has 7 heteroatoms. The maximum absolute atomic E-state index is 11.7. The van der Waals surface area contributed by atoms with Crippen molar-refractivity contribution in [3.05, 3.63) is 63.4 Å². The summed E-state index contributed by atoms with van der Waals surface area (Å²) in [6.07, 6.45) is 2.03. The summed E-state index contributed by atoms with van der Waals surface area (Å²) in [7, 11) is 0. The highest BCUT2D eigenvalue weighted by atomic mass is 35.5. The lowest BCUT2D eigenvalue weighted by molar-refractivity contribution is 0.254. The lowest BCUT2D eigenvalue weighted by Crippen LogP contribution is -2.22. The number of aliphatic hydroxyl groups excluding tert-OH is 1. The summed E-state index contributed by atoms with van der Waals surface area (Å²) in [5.41, 5.74) is 0.424. The number of fused-ring (bicyclic) bond motifs is 1. The molecular formula is C17H16ClNO5. The van der Waals surface area contributed by atoms with E-state index in [1.807, 2.05) is 6.07 Å². The number of rotatable bonds is 6. The van der Waals surface area contributed by atoms with Crippen molar-refractivity contribution in [3.63, 3.8) is 0 Å². The van der Waals surface area contributed by atoms with E-state index in [1.165, 1.54) is 12.1 Å². The SMILES string of the molecule is O=c1cc(CN[C@H](CCO)c2ccco2)c2cc(Cl)c(O)cc2o1. The molecule has 24 heavy (non-hydrogen) atoms. The van der Waals surface area contributed by atoms with Crippen molar-refractivity contribution in [2.75, 3.05) is 6.61 Å². The van der Waals surface area contributed by atoms with Crippen LogP contribution in [-0.2, 0) is 6.54 Å². The number of phenols is 1. The Morgan fingerprint density at radius 2 is 2.12 bits per heavy atom. The van der Waals surface area contributed by atoms with Gasteiger partial charge in [0.25, 0.3) is 0 Å². The summed E-state index contributed by atoms with van der Waals surface area (Å²) in [6.45, 7) is 0.338. The largest absolute Gasteiger partial charge is 0.506 e. The van der Waals surface area contributed by atoms with E-state index in [0.717, 1.165) is 0 Å². The van der Waals surface area contributed by atoms with Gasteiger partial charge >= 0.3 is 5.63 Å². The molecule has 126 valence electrons. The summed E-state index contributed by atoms with van der Waals surface area (Å²) in [5, 5.41) is 22.9. The predicted octanol–water partition coefficient (Wildman–Crippen LogP) is 2.96. The average molecular weight is 350 g/mol. The topological polar surface area (TPSA) is 95.8 Å². The van der Waals surface area contributed by atoms with E-state index in [9.17, 15) is 15.0 Å². The fraction of sp³-hybridized carbons (Fsp3) is 0.235. The van der Waals surface area contributed by atoms with E-state index in [0.29, 0.717) is 29.7 Å². The van der Waals surface area contributed by atoms with E-state index in [2.05, 4.69) is 5.32 Å². The molecule has 2 heterocycles. The first-order valence-corrected chi connectivity index (χ1v) is 7.79. The molecule has 0 saturated carbocycles. The second kappa shape index (κ2) is 7.09. The molecule has 1 aromatic carbocycles. The molecule has 3 N–H and O–H groups in total. The second-order valence-corrected chi connectivity index (χ2v) is 5.76. The Balaban J connectivity index is 1.91. The van der Waals surface area contributed by atoms with Crippen LogP contribution in [0.25, 0.3) is 11.0 Å². The Morgan fingerprint density at radius 3 is 2.83 bits per heavy atom. The van der Waals surface area contributed by atoms with Crippen LogP contribution in [0.4, 0.5) is 0 Å². The van der Waals surface area contributed by atoms with Crippen LogP contribution in [0.2, 0.25) is 5.02 Å². The van der Waals surface area contributed by atoms with E-state index in [4.69, 9.17) is 20.4 Å². The highest BCUT2D eigenvalue weighted by Crippen LogP contribution is 2.30. The van der Waals surface area contributed by atoms with Crippen LogP contribution in [0.5, 0.6) is 5.75 Å². The van der Waals surface area contributed by atoms with E-state index in [1.54, 1.807) is 18.4 Å². The van der Waals surface area contributed by atoms with Crippen LogP contribution in [0.15, 0.2) is 50.2 Å². The molecule has 0 fully saturated rings. The smallest absolute Gasteiger partial charge is 0.336 e. The van der Waals surface area contributed by atoms with Crippen LogP contribution in [0.3, 0.4) is 0 Å². The molecule has 0 aliphatic heterocycles. The monoisotopic (exact) mass is 349 g/mol. The van der Waals surface area contributed by atoms with Crippen LogP contribution in [0, 0.1) is 0 Å². The molecule has 2 aromatic heterocycles. The van der Waals surface area contributed by atoms with E-state index in [-0.39, 0.29) is 29.0 Å². The minimum absolute atomic E-state index is 0.00422. The number of hydrogen-bond donors (Lipinski definition) is 3. The highest BCUT2D eigenvalue weighted by Gasteiger charge is 2.15. The van der Waals surface area contributed by atoms with Crippen LogP contribution >= 0.6 is 11.6 Å². The lowest BCUT2D eigenvalue weighted by atomic mass is 10.1. The van der Waals surface area contributed by atoms with E-state index >= 15 is 0 Å². The first-order valence-electron chi connectivity index (χ1n) is 7.41. The molecule has 3 aromatic rings. The van der Waals surface area contributed by atoms with Crippen molar-refractivity contribution in [2.24, 2.45) is 0 Å². The second-order valence-electron chi connectivity index (χ2n) is 5.35. The van der Waals surface area contributed by atoms with Gasteiger partial charge in [0.15, 0.2) is 0 Å². The fourth-order valence-electron chi connectivity index (χ4n) is 2.58. The van der Waals surface area contributed by atoms with Crippen molar-refractivity contribution >= 4 is 22.6 Å². The van der Waals surface area contributed by atoms with Crippen molar-refractivity contribution in [1.82, 2.24) is 5.32 Å². The van der Waals surface area contributed by atoms with Crippen LogP contribution in [0.1, 0.15) is 23.8 Å². The summed E-state index contributed by atoms with van der Waals surface area (Å²) in [4.78, 5) is 11.7. The van der Waals surface area contributed by atoms with Gasteiger partial charge in [0.2, 0.25) is 0 Å². The maximum atomic E-state index is 11.7. The molecule has 0 radical (unpaired) electrons. The average Bonchev–Trinajstić information content (AvgIpc) is 3.07. The van der Waals surface area contributed by atoms with Gasteiger partial charge in [0.05, 0.1) is 17.3 Å². The Labute approximate surface area is 142 Å².